The van der Waals surface area contributed by atoms with Crippen LogP contribution in [0.3, 0.4) is 0 Å². The van der Waals surface area contributed by atoms with Crippen LogP contribution in [0.15, 0.2) is 66.7 Å². The van der Waals surface area contributed by atoms with E-state index < -0.39 is 0 Å². The number of aromatic nitrogens is 2. The SMILES string of the molecule is CCOCCNC(=O)c1ccc2c(c1)c(C)nn2Cc1ccc(-c2ccccc2C(C)(C)C)cc1. The molecule has 0 saturated heterocycles. The molecule has 1 aromatic heterocycles. The largest absolute Gasteiger partial charge is 0.380 e. The van der Waals surface area contributed by atoms with Crippen LogP contribution in [0.25, 0.3) is 22.0 Å². The van der Waals surface area contributed by atoms with Gasteiger partial charge in [-0.1, -0.05) is 69.3 Å². The highest BCUT2D eigenvalue weighted by molar-refractivity contribution is 5.98. The first-order chi connectivity index (χ1) is 16.8. The number of hydrogen-bond acceptors (Lipinski definition) is 3. The molecule has 4 aromatic rings. The molecule has 0 aliphatic heterocycles. The molecule has 0 radical (unpaired) electrons. The van der Waals surface area contributed by atoms with Crippen molar-refractivity contribution >= 4 is 16.8 Å². The van der Waals surface area contributed by atoms with Crippen LogP contribution in [-0.2, 0) is 16.7 Å². The van der Waals surface area contributed by atoms with Crippen molar-refractivity contribution in [1.29, 1.82) is 0 Å². The minimum atomic E-state index is -0.0927. The summed E-state index contributed by atoms with van der Waals surface area (Å²) in [4.78, 5) is 12.5. The van der Waals surface area contributed by atoms with Gasteiger partial charge in [0.15, 0.2) is 0 Å². The number of rotatable bonds is 8. The summed E-state index contributed by atoms with van der Waals surface area (Å²) < 4.78 is 7.31. The Kier molecular flexibility index (Phi) is 7.37. The summed E-state index contributed by atoms with van der Waals surface area (Å²) >= 11 is 0. The standard InChI is InChI=1S/C30H35N3O2/c1-6-35-18-17-31-29(34)24-15-16-28-26(19-24)21(2)32-33(28)20-22-11-13-23(14-12-22)25-9-7-8-10-27(25)30(3,4)5/h7-16,19H,6,17-18,20H2,1-5H3,(H,31,34). The van der Waals surface area contributed by atoms with Crippen molar-refractivity contribution in [3.05, 3.63) is 89.1 Å². The second-order valence-corrected chi connectivity index (χ2v) is 9.92. The molecule has 0 spiro atoms. The summed E-state index contributed by atoms with van der Waals surface area (Å²) in [6.07, 6.45) is 0. The Balaban J connectivity index is 1.53. The lowest BCUT2D eigenvalue weighted by atomic mass is 9.82. The molecule has 0 aliphatic rings. The normalized spacial score (nSPS) is 11.7. The van der Waals surface area contributed by atoms with Crippen LogP contribution < -0.4 is 5.32 Å². The molecule has 0 unspecified atom stereocenters. The van der Waals surface area contributed by atoms with Gasteiger partial charge < -0.3 is 10.1 Å². The third kappa shape index (κ3) is 5.63. The number of hydrogen-bond donors (Lipinski definition) is 1. The summed E-state index contributed by atoms with van der Waals surface area (Å²) in [5, 5.41) is 8.67. The molecule has 5 heteroatoms. The van der Waals surface area contributed by atoms with Gasteiger partial charge in [0.2, 0.25) is 0 Å². The fraction of sp³-hybridized carbons (Fsp3) is 0.333. The van der Waals surface area contributed by atoms with Gasteiger partial charge in [0.1, 0.15) is 0 Å². The lowest BCUT2D eigenvalue weighted by molar-refractivity contribution is 0.0922. The smallest absolute Gasteiger partial charge is 0.251 e. The molecule has 182 valence electrons. The quantitative estimate of drug-likeness (QED) is 0.316. The molecule has 0 fully saturated rings. The van der Waals surface area contributed by atoms with Crippen LogP contribution in [-0.4, -0.2) is 35.4 Å². The van der Waals surface area contributed by atoms with Gasteiger partial charge in [-0.15, -0.1) is 0 Å². The maximum atomic E-state index is 12.5. The number of benzene rings is 3. The summed E-state index contributed by atoms with van der Waals surface area (Å²) in [7, 11) is 0. The minimum absolute atomic E-state index is 0.0831. The lowest BCUT2D eigenvalue weighted by Crippen LogP contribution is -2.27. The molecule has 3 aromatic carbocycles. The molecule has 0 atom stereocenters. The summed E-state index contributed by atoms with van der Waals surface area (Å²) in [5.74, 6) is -0.0927. The zero-order valence-electron chi connectivity index (χ0n) is 21.4. The van der Waals surface area contributed by atoms with E-state index in [2.05, 4.69) is 74.6 Å². The van der Waals surface area contributed by atoms with E-state index in [-0.39, 0.29) is 11.3 Å². The molecular formula is C30H35N3O2. The van der Waals surface area contributed by atoms with E-state index in [1.807, 2.05) is 36.7 Å². The van der Waals surface area contributed by atoms with E-state index >= 15 is 0 Å². The second-order valence-electron chi connectivity index (χ2n) is 9.92. The first-order valence-electron chi connectivity index (χ1n) is 12.3. The molecule has 5 nitrogen and oxygen atoms in total. The van der Waals surface area contributed by atoms with E-state index in [9.17, 15) is 4.79 Å². The first-order valence-corrected chi connectivity index (χ1v) is 12.3. The van der Waals surface area contributed by atoms with Crippen molar-refractivity contribution in [3.63, 3.8) is 0 Å². The minimum Gasteiger partial charge on any atom is -0.380 e. The van der Waals surface area contributed by atoms with Gasteiger partial charge in [-0.3, -0.25) is 9.48 Å². The van der Waals surface area contributed by atoms with Crippen molar-refractivity contribution in [2.24, 2.45) is 0 Å². The third-order valence-corrected chi connectivity index (χ3v) is 6.27. The molecular weight excluding hydrogens is 434 g/mol. The van der Waals surface area contributed by atoms with Gasteiger partial charge in [0, 0.05) is 24.1 Å². The highest BCUT2D eigenvalue weighted by Crippen LogP contribution is 2.33. The van der Waals surface area contributed by atoms with Crippen molar-refractivity contribution < 1.29 is 9.53 Å². The van der Waals surface area contributed by atoms with Crippen molar-refractivity contribution in [1.82, 2.24) is 15.1 Å². The van der Waals surface area contributed by atoms with Gasteiger partial charge in [-0.25, -0.2) is 0 Å². The molecule has 1 amide bonds. The van der Waals surface area contributed by atoms with Crippen molar-refractivity contribution in [3.8, 4) is 11.1 Å². The van der Waals surface area contributed by atoms with Crippen molar-refractivity contribution in [2.45, 2.75) is 46.6 Å². The second kappa shape index (κ2) is 10.4. The van der Waals surface area contributed by atoms with E-state index in [0.29, 0.717) is 31.9 Å². The molecule has 0 saturated carbocycles. The van der Waals surface area contributed by atoms with Gasteiger partial charge >= 0.3 is 0 Å². The Morgan fingerprint density at radius 2 is 1.77 bits per heavy atom. The molecule has 1 N–H and O–H groups in total. The number of ether oxygens (including phenoxy) is 1. The maximum Gasteiger partial charge on any atom is 0.251 e. The van der Waals surface area contributed by atoms with Crippen LogP contribution >= 0.6 is 0 Å². The van der Waals surface area contributed by atoms with Gasteiger partial charge in [-0.05, 0) is 59.7 Å². The predicted octanol–water partition coefficient (Wildman–Crippen LogP) is 6.12. The molecule has 0 aliphatic carbocycles. The molecule has 4 rings (SSSR count). The predicted molar refractivity (Wildman–Crippen MR) is 143 cm³/mol. The number of amides is 1. The van der Waals surface area contributed by atoms with Crippen LogP contribution in [0.4, 0.5) is 0 Å². The van der Waals surface area contributed by atoms with Crippen LogP contribution in [0.2, 0.25) is 0 Å². The summed E-state index contributed by atoms with van der Waals surface area (Å²) in [5.41, 5.74) is 7.69. The number of nitrogens with one attached hydrogen (secondary N) is 1. The van der Waals surface area contributed by atoms with E-state index in [1.165, 1.54) is 22.3 Å². The highest BCUT2D eigenvalue weighted by atomic mass is 16.5. The fourth-order valence-electron chi connectivity index (χ4n) is 4.44. The Morgan fingerprint density at radius 1 is 1.03 bits per heavy atom. The Bertz CT molecular complexity index is 1310. The molecule has 0 bridgehead atoms. The zero-order valence-corrected chi connectivity index (χ0v) is 21.4. The average Bonchev–Trinajstić information content (AvgIpc) is 3.16. The van der Waals surface area contributed by atoms with Crippen LogP contribution in [0, 0.1) is 6.92 Å². The van der Waals surface area contributed by atoms with Crippen molar-refractivity contribution in [2.75, 3.05) is 19.8 Å². The van der Waals surface area contributed by atoms with Crippen LogP contribution in [0.5, 0.6) is 0 Å². The summed E-state index contributed by atoms with van der Waals surface area (Å²) in [6.45, 7) is 13.0. The van der Waals surface area contributed by atoms with Crippen LogP contribution in [0.1, 0.15) is 54.9 Å². The molecule has 35 heavy (non-hydrogen) atoms. The third-order valence-electron chi connectivity index (χ3n) is 6.27. The Hall–Kier alpha value is -3.44. The lowest BCUT2D eigenvalue weighted by Gasteiger charge is -2.23. The number of nitrogens with zero attached hydrogens (tertiary/aromatic N) is 2. The topological polar surface area (TPSA) is 56.1 Å². The summed E-state index contributed by atoms with van der Waals surface area (Å²) in [6, 6.07) is 23.2. The number of carbonyl (C=O) groups excluding carboxylic acids is 1. The van der Waals surface area contributed by atoms with E-state index in [0.717, 1.165) is 16.6 Å². The van der Waals surface area contributed by atoms with Gasteiger partial charge in [0.25, 0.3) is 5.91 Å². The van der Waals surface area contributed by atoms with Gasteiger partial charge in [0.05, 0.1) is 24.4 Å². The highest BCUT2D eigenvalue weighted by Gasteiger charge is 2.18. The number of carbonyl (C=O) groups is 1. The van der Waals surface area contributed by atoms with E-state index in [1.54, 1.807) is 0 Å². The zero-order chi connectivity index (χ0) is 25.0. The fourth-order valence-corrected chi connectivity index (χ4v) is 4.44. The Morgan fingerprint density at radius 3 is 2.49 bits per heavy atom. The number of fused-ring (bicyclic) bond motifs is 1. The number of aryl methyl sites for hydroxylation is 1. The van der Waals surface area contributed by atoms with E-state index in [4.69, 9.17) is 9.84 Å². The monoisotopic (exact) mass is 469 g/mol. The maximum absolute atomic E-state index is 12.5. The average molecular weight is 470 g/mol. The first kappa shape index (κ1) is 24.7. The van der Waals surface area contributed by atoms with Gasteiger partial charge in [-0.2, -0.15) is 5.10 Å². The Labute approximate surface area is 208 Å². The molecule has 1 heterocycles.